The van der Waals surface area contributed by atoms with E-state index in [0.29, 0.717) is 22.1 Å². The lowest BCUT2D eigenvalue weighted by Crippen LogP contribution is -2.48. The monoisotopic (exact) mass is 469 g/mol. The van der Waals surface area contributed by atoms with E-state index < -0.39 is 10.1 Å². The average molecular weight is 470 g/mol. The van der Waals surface area contributed by atoms with Crippen LogP contribution in [0.1, 0.15) is 16.7 Å². The molecule has 0 amide bonds. The van der Waals surface area contributed by atoms with Crippen LogP contribution in [0, 0.1) is 24.3 Å². The van der Waals surface area contributed by atoms with Crippen molar-refractivity contribution in [2.45, 2.75) is 25.7 Å². The summed E-state index contributed by atoms with van der Waals surface area (Å²) in [5.41, 5.74) is 7.44. The van der Waals surface area contributed by atoms with Crippen molar-refractivity contribution < 1.29 is 17.6 Å². The van der Waals surface area contributed by atoms with Crippen LogP contribution >= 0.6 is 34.2 Å². The topological polar surface area (TPSA) is 113 Å². The van der Waals surface area contributed by atoms with Crippen LogP contribution in [0.25, 0.3) is 0 Å². The van der Waals surface area contributed by atoms with Gasteiger partial charge in [-0.1, -0.05) is 17.7 Å². The first-order valence-electron chi connectivity index (χ1n) is 6.39. The number of aryl methyl sites for hydroxylation is 3. The van der Waals surface area contributed by atoms with Gasteiger partial charge in [-0.15, -0.1) is 4.68 Å². The number of pyridine rings is 1. The SMILES string of the molecule is Cc1cc(C)c(S(=O)(=O)[O-])c(C)c1.Nc1ccc(I)c(Cl)[n+]1N. The van der Waals surface area contributed by atoms with Crippen molar-refractivity contribution >= 4 is 50.1 Å². The molecule has 1 aromatic heterocycles. The molecule has 4 N–H and O–H groups in total. The zero-order valence-electron chi connectivity index (χ0n) is 12.8. The van der Waals surface area contributed by atoms with Gasteiger partial charge in [0.15, 0.2) is 0 Å². The molecule has 6 nitrogen and oxygen atoms in total. The number of halogens is 2. The van der Waals surface area contributed by atoms with Crippen LogP contribution in [0.4, 0.5) is 5.82 Å². The molecule has 0 saturated carbocycles. The molecule has 0 aliphatic rings. The third-order valence-electron chi connectivity index (χ3n) is 2.94. The Labute approximate surface area is 154 Å². The number of nitrogens with two attached hydrogens (primary N) is 2. The molecular formula is C14H17ClIN3O3S. The average Bonchev–Trinajstić information content (AvgIpc) is 2.39. The van der Waals surface area contributed by atoms with E-state index >= 15 is 0 Å². The largest absolute Gasteiger partial charge is 0.744 e. The smallest absolute Gasteiger partial charge is 0.296 e. The number of rotatable bonds is 1. The van der Waals surface area contributed by atoms with Crippen molar-refractivity contribution in [2.75, 3.05) is 11.6 Å². The summed E-state index contributed by atoms with van der Waals surface area (Å²) in [5, 5.41) is 0.459. The fourth-order valence-corrected chi connectivity index (χ4v) is 3.60. The molecule has 2 aromatic rings. The predicted molar refractivity (Wildman–Crippen MR) is 97.5 cm³/mol. The van der Waals surface area contributed by atoms with Gasteiger partial charge in [-0.05, 0) is 72.2 Å². The molecule has 0 unspecified atom stereocenters. The van der Waals surface area contributed by atoms with E-state index in [2.05, 4.69) is 22.6 Å². The van der Waals surface area contributed by atoms with Crippen molar-refractivity contribution in [3.8, 4) is 0 Å². The van der Waals surface area contributed by atoms with Gasteiger partial charge in [-0.25, -0.2) is 8.42 Å². The van der Waals surface area contributed by atoms with E-state index in [4.69, 9.17) is 23.2 Å². The van der Waals surface area contributed by atoms with Crippen molar-refractivity contribution in [1.82, 2.24) is 0 Å². The summed E-state index contributed by atoms with van der Waals surface area (Å²) in [6.07, 6.45) is 0. The van der Waals surface area contributed by atoms with Crippen LogP contribution in [0.2, 0.25) is 5.15 Å². The van der Waals surface area contributed by atoms with Gasteiger partial charge in [0.1, 0.15) is 10.1 Å². The Bertz CT molecular complexity index is 791. The molecule has 0 radical (unpaired) electrons. The van der Waals surface area contributed by atoms with E-state index in [-0.39, 0.29) is 4.90 Å². The summed E-state index contributed by atoms with van der Waals surface area (Å²) >= 11 is 7.81. The van der Waals surface area contributed by atoms with Crippen LogP contribution in [0.5, 0.6) is 0 Å². The van der Waals surface area contributed by atoms with Gasteiger partial charge in [-0.3, -0.25) is 11.6 Å². The molecule has 0 spiro atoms. The Balaban J connectivity index is 0.000000238. The third kappa shape index (κ3) is 5.20. The summed E-state index contributed by atoms with van der Waals surface area (Å²) in [6.45, 7) is 5.12. The number of benzene rings is 1. The Morgan fingerprint density at radius 3 is 2.04 bits per heavy atom. The molecule has 0 atom stereocenters. The third-order valence-corrected chi connectivity index (χ3v) is 5.66. The van der Waals surface area contributed by atoms with Crippen molar-refractivity contribution in [3.63, 3.8) is 0 Å². The second-order valence-electron chi connectivity index (χ2n) is 4.95. The summed E-state index contributed by atoms with van der Waals surface area (Å²) in [5.74, 6) is 5.89. The first-order chi connectivity index (χ1) is 10.4. The van der Waals surface area contributed by atoms with Gasteiger partial charge in [0.2, 0.25) is 5.15 Å². The minimum Gasteiger partial charge on any atom is -0.744 e. The summed E-state index contributed by atoms with van der Waals surface area (Å²) in [6, 6.07) is 6.89. The lowest BCUT2D eigenvalue weighted by molar-refractivity contribution is -0.622. The van der Waals surface area contributed by atoms with Crippen LogP contribution in [0.3, 0.4) is 0 Å². The number of hydrogen-bond acceptors (Lipinski definition) is 5. The zero-order chi connectivity index (χ0) is 17.9. The van der Waals surface area contributed by atoms with Crippen LogP contribution in [-0.4, -0.2) is 13.0 Å². The van der Waals surface area contributed by atoms with Gasteiger partial charge < -0.3 is 4.55 Å². The van der Waals surface area contributed by atoms with E-state index in [0.717, 1.165) is 9.13 Å². The van der Waals surface area contributed by atoms with Crippen LogP contribution in [-0.2, 0) is 10.1 Å². The molecule has 1 heterocycles. The minimum absolute atomic E-state index is 0.0851. The van der Waals surface area contributed by atoms with Crippen molar-refractivity contribution in [2.24, 2.45) is 0 Å². The number of nitrogen functional groups attached to an aromatic ring is 2. The van der Waals surface area contributed by atoms with Crippen LogP contribution < -0.4 is 16.3 Å². The number of nitrogens with zero attached hydrogens (tertiary/aromatic N) is 1. The standard InChI is InChI=1S/C9H12O3S.C5H5ClIN3/c1-6-4-7(2)9(8(3)5-6)13(10,11)12;6-5-3(7)1-2-4(8)10(5)9/h4-5H,1-3H3,(H,10,11,12);1-2,8H,9H2. The highest BCUT2D eigenvalue weighted by Gasteiger charge is 2.09. The Morgan fingerprint density at radius 1 is 1.17 bits per heavy atom. The highest BCUT2D eigenvalue weighted by molar-refractivity contribution is 14.1. The number of anilines is 1. The van der Waals surface area contributed by atoms with Crippen molar-refractivity contribution in [3.05, 3.63) is 49.7 Å². The number of hydrogen-bond donors (Lipinski definition) is 2. The second-order valence-corrected chi connectivity index (χ2v) is 7.79. The fourth-order valence-electron chi connectivity index (χ4n) is 2.10. The van der Waals surface area contributed by atoms with Gasteiger partial charge in [0.05, 0.1) is 8.47 Å². The first-order valence-corrected chi connectivity index (χ1v) is 9.26. The molecule has 9 heteroatoms. The van der Waals surface area contributed by atoms with Gasteiger partial charge in [0.25, 0.3) is 5.82 Å². The molecule has 0 bridgehead atoms. The maximum Gasteiger partial charge on any atom is 0.296 e. The van der Waals surface area contributed by atoms with E-state index in [1.54, 1.807) is 32.0 Å². The van der Waals surface area contributed by atoms with E-state index in [1.165, 1.54) is 4.68 Å². The highest BCUT2D eigenvalue weighted by Crippen LogP contribution is 2.20. The first kappa shape index (κ1) is 19.9. The normalized spacial score (nSPS) is 10.9. The molecule has 126 valence electrons. The molecule has 2 rings (SSSR count). The Morgan fingerprint density at radius 2 is 1.65 bits per heavy atom. The predicted octanol–water partition coefficient (Wildman–Crippen LogP) is 2.04. The Kier molecular flexibility index (Phi) is 6.63. The lowest BCUT2D eigenvalue weighted by atomic mass is 10.1. The van der Waals surface area contributed by atoms with Gasteiger partial charge >= 0.3 is 0 Å². The number of aromatic nitrogens is 1. The fraction of sp³-hybridized carbons (Fsp3) is 0.214. The maximum absolute atomic E-state index is 10.8. The van der Waals surface area contributed by atoms with Crippen LogP contribution in [0.15, 0.2) is 29.2 Å². The van der Waals surface area contributed by atoms with Gasteiger partial charge in [-0.2, -0.15) is 0 Å². The van der Waals surface area contributed by atoms with E-state index in [9.17, 15) is 13.0 Å². The molecule has 0 saturated heterocycles. The lowest BCUT2D eigenvalue weighted by Gasteiger charge is -2.14. The molecule has 0 aliphatic heterocycles. The Hall–Kier alpha value is -1.10. The quantitative estimate of drug-likeness (QED) is 0.218. The highest BCUT2D eigenvalue weighted by atomic mass is 127. The zero-order valence-corrected chi connectivity index (χ0v) is 16.5. The molecule has 0 fully saturated rings. The molecule has 1 aromatic carbocycles. The summed E-state index contributed by atoms with van der Waals surface area (Å²) in [7, 11) is -4.33. The molecule has 23 heavy (non-hydrogen) atoms. The summed E-state index contributed by atoms with van der Waals surface area (Å²) in [4.78, 5) is -0.0851. The van der Waals surface area contributed by atoms with E-state index in [1.807, 2.05) is 13.0 Å². The van der Waals surface area contributed by atoms with Gasteiger partial charge in [0, 0.05) is 6.07 Å². The minimum atomic E-state index is -4.33. The molecular weight excluding hydrogens is 453 g/mol. The summed E-state index contributed by atoms with van der Waals surface area (Å²) < 4.78 is 34.6. The van der Waals surface area contributed by atoms with Crippen molar-refractivity contribution in [1.29, 1.82) is 0 Å². The second kappa shape index (κ2) is 7.65. The maximum atomic E-state index is 10.8. The molecule has 0 aliphatic carbocycles.